The maximum Gasteiger partial charge on any atom is 0.316 e. The van der Waals surface area contributed by atoms with Crippen molar-refractivity contribution in [2.24, 2.45) is 0 Å². The molecule has 0 spiro atoms. The fraction of sp³-hybridized carbons (Fsp3) is 0.417. The summed E-state index contributed by atoms with van der Waals surface area (Å²) in [6.07, 6.45) is 2.25. The van der Waals surface area contributed by atoms with Gasteiger partial charge in [0.05, 0.1) is 6.61 Å². The minimum absolute atomic E-state index is 0. The van der Waals surface area contributed by atoms with Gasteiger partial charge >= 0.3 is 5.97 Å². The number of aliphatic hydroxyl groups excluding tert-OH is 1. The van der Waals surface area contributed by atoms with Gasteiger partial charge < -0.3 is 10.2 Å². The number of carbonyl (C=O) groups is 1. The smallest absolute Gasteiger partial charge is 0.316 e. The molecule has 4 heteroatoms. The number of carboxylic acid groups (broad SMARTS) is 1. The number of rotatable bonds is 2. The Balaban J connectivity index is 0.00000128. The quantitative estimate of drug-likeness (QED) is 0.865. The Morgan fingerprint density at radius 3 is 2.69 bits per heavy atom. The van der Waals surface area contributed by atoms with Crippen molar-refractivity contribution in [1.82, 2.24) is 0 Å². The van der Waals surface area contributed by atoms with Crippen molar-refractivity contribution in [3.63, 3.8) is 0 Å². The molecule has 2 N–H and O–H groups in total. The molecule has 0 saturated carbocycles. The van der Waals surface area contributed by atoms with E-state index in [-0.39, 0.29) is 39.3 Å². The number of aliphatic hydroxyl groups is 1. The predicted molar refractivity (Wildman–Crippen MR) is 55.8 cm³/mol. The van der Waals surface area contributed by atoms with Crippen LogP contribution in [0.4, 0.5) is 0 Å². The summed E-state index contributed by atoms with van der Waals surface area (Å²) >= 11 is 0. The minimum Gasteiger partial charge on any atom is -0.481 e. The number of carboxylic acids is 1. The van der Waals surface area contributed by atoms with Crippen molar-refractivity contribution in [1.29, 1.82) is 0 Å². The number of fused-ring (bicyclic) bond motifs is 1. The molecule has 1 unspecified atom stereocenters. The topological polar surface area (TPSA) is 57.5 Å². The van der Waals surface area contributed by atoms with E-state index in [0.29, 0.717) is 6.42 Å². The van der Waals surface area contributed by atoms with Crippen molar-refractivity contribution in [3.05, 3.63) is 35.4 Å². The summed E-state index contributed by atoms with van der Waals surface area (Å²) in [6, 6.07) is 7.51. The van der Waals surface area contributed by atoms with Crippen LogP contribution in [0.5, 0.6) is 0 Å². The molecular formula is C12H14O3Y. The van der Waals surface area contributed by atoms with E-state index in [1.165, 1.54) is 0 Å². The zero-order valence-corrected chi connectivity index (χ0v) is 11.9. The molecule has 2 rings (SSSR count). The Kier molecular flexibility index (Phi) is 4.66. The van der Waals surface area contributed by atoms with E-state index in [1.54, 1.807) is 0 Å². The minimum atomic E-state index is -1.07. The molecule has 16 heavy (non-hydrogen) atoms. The fourth-order valence-electron chi connectivity index (χ4n) is 2.37. The van der Waals surface area contributed by atoms with Gasteiger partial charge in [-0.05, 0) is 30.4 Å². The van der Waals surface area contributed by atoms with Gasteiger partial charge in [0.1, 0.15) is 5.41 Å². The average molecular weight is 295 g/mol. The summed E-state index contributed by atoms with van der Waals surface area (Å²) in [5, 5.41) is 18.7. The van der Waals surface area contributed by atoms with Crippen LogP contribution < -0.4 is 0 Å². The Bertz CT molecular complexity index is 392. The molecule has 0 bridgehead atoms. The standard InChI is InChI=1S/C12H14O3.Y/c13-8-12(11(14)15)7-3-5-9-4-1-2-6-10(9)12;/h1-2,4,6,13H,3,5,7-8H2,(H,14,15);. The van der Waals surface area contributed by atoms with Crippen LogP contribution in [-0.2, 0) is 49.3 Å². The molecule has 1 aliphatic rings. The molecule has 0 aromatic heterocycles. The molecule has 83 valence electrons. The molecule has 1 radical (unpaired) electrons. The first kappa shape index (κ1) is 13.8. The number of benzene rings is 1. The molecule has 0 aliphatic heterocycles. The number of aryl methyl sites for hydroxylation is 1. The zero-order valence-electron chi connectivity index (χ0n) is 9.02. The molecule has 1 aliphatic carbocycles. The molecule has 0 saturated heterocycles. The van der Waals surface area contributed by atoms with Crippen LogP contribution in [0, 0.1) is 0 Å². The second-order valence-corrected chi connectivity index (χ2v) is 4.06. The molecule has 3 nitrogen and oxygen atoms in total. The first-order valence-corrected chi connectivity index (χ1v) is 5.13. The van der Waals surface area contributed by atoms with E-state index in [9.17, 15) is 15.0 Å². The summed E-state index contributed by atoms with van der Waals surface area (Å²) in [7, 11) is 0. The molecule has 1 aromatic carbocycles. The third-order valence-electron chi connectivity index (χ3n) is 3.26. The Hall–Kier alpha value is -0.246. The summed E-state index contributed by atoms with van der Waals surface area (Å²) < 4.78 is 0. The Morgan fingerprint density at radius 1 is 1.38 bits per heavy atom. The van der Waals surface area contributed by atoms with Gasteiger partial charge in [-0.1, -0.05) is 24.3 Å². The molecule has 0 amide bonds. The summed E-state index contributed by atoms with van der Waals surface area (Å²) in [6.45, 7) is -0.320. The van der Waals surface area contributed by atoms with E-state index < -0.39 is 11.4 Å². The molecule has 1 aromatic rings. The van der Waals surface area contributed by atoms with Crippen LogP contribution in [0.3, 0.4) is 0 Å². The van der Waals surface area contributed by atoms with Crippen LogP contribution in [0.2, 0.25) is 0 Å². The Labute approximate surface area is 120 Å². The largest absolute Gasteiger partial charge is 0.481 e. The maximum absolute atomic E-state index is 11.3. The SMILES string of the molecule is O=C(O)C1(CO)CCCc2ccccc21.[Y]. The van der Waals surface area contributed by atoms with Gasteiger partial charge in [-0.2, -0.15) is 0 Å². The summed E-state index contributed by atoms with van der Waals surface area (Å²) in [5.41, 5.74) is 0.765. The van der Waals surface area contributed by atoms with Gasteiger partial charge in [0.15, 0.2) is 0 Å². The van der Waals surface area contributed by atoms with Crippen LogP contribution >= 0.6 is 0 Å². The van der Waals surface area contributed by atoms with Crippen molar-refractivity contribution < 1.29 is 47.7 Å². The van der Waals surface area contributed by atoms with Gasteiger partial charge in [0.25, 0.3) is 0 Å². The van der Waals surface area contributed by atoms with Gasteiger partial charge in [-0.15, -0.1) is 0 Å². The van der Waals surface area contributed by atoms with Crippen molar-refractivity contribution in [2.75, 3.05) is 6.61 Å². The van der Waals surface area contributed by atoms with Crippen molar-refractivity contribution in [2.45, 2.75) is 24.7 Å². The van der Waals surface area contributed by atoms with Crippen LogP contribution in [0.25, 0.3) is 0 Å². The van der Waals surface area contributed by atoms with Gasteiger partial charge in [-0.3, -0.25) is 4.79 Å². The van der Waals surface area contributed by atoms with Gasteiger partial charge in [0, 0.05) is 32.7 Å². The number of hydrogen-bond donors (Lipinski definition) is 2. The predicted octanol–water partition coefficient (Wildman–Crippen LogP) is 1.34. The average Bonchev–Trinajstić information content (AvgIpc) is 2.28. The second kappa shape index (κ2) is 5.39. The normalized spacial score (nSPS) is 23.1. The van der Waals surface area contributed by atoms with E-state index in [4.69, 9.17) is 0 Å². The van der Waals surface area contributed by atoms with E-state index in [0.717, 1.165) is 24.0 Å². The zero-order chi connectivity index (χ0) is 10.9. The fourth-order valence-corrected chi connectivity index (χ4v) is 2.37. The Morgan fingerprint density at radius 2 is 2.06 bits per heavy atom. The van der Waals surface area contributed by atoms with E-state index >= 15 is 0 Å². The van der Waals surface area contributed by atoms with Crippen molar-refractivity contribution >= 4 is 5.97 Å². The van der Waals surface area contributed by atoms with E-state index in [1.807, 2.05) is 24.3 Å². The third-order valence-corrected chi connectivity index (χ3v) is 3.26. The van der Waals surface area contributed by atoms with Gasteiger partial charge in [-0.25, -0.2) is 0 Å². The van der Waals surface area contributed by atoms with Crippen LogP contribution in [0.1, 0.15) is 24.0 Å². The van der Waals surface area contributed by atoms with Crippen LogP contribution in [0.15, 0.2) is 24.3 Å². The van der Waals surface area contributed by atoms with Crippen molar-refractivity contribution in [3.8, 4) is 0 Å². The molecule has 1 atom stereocenters. The second-order valence-electron chi connectivity index (χ2n) is 4.06. The monoisotopic (exact) mass is 295 g/mol. The summed E-state index contributed by atoms with van der Waals surface area (Å²) in [5.74, 6) is -0.919. The first-order chi connectivity index (χ1) is 7.20. The van der Waals surface area contributed by atoms with E-state index in [2.05, 4.69) is 0 Å². The van der Waals surface area contributed by atoms with Crippen LogP contribution in [-0.4, -0.2) is 22.8 Å². The number of aliphatic carboxylic acids is 1. The molecule has 0 fully saturated rings. The molecular weight excluding hydrogens is 281 g/mol. The number of hydrogen-bond acceptors (Lipinski definition) is 2. The summed E-state index contributed by atoms with van der Waals surface area (Å²) in [4.78, 5) is 11.3. The third kappa shape index (κ3) is 2.09. The first-order valence-electron chi connectivity index (χ1n) is 5.13. The molecule has 0 heterocycles. The van der Waals surface area contributed by atoms with Gasteiger partial charge in [0.2, 0.25) is 0 Å². The maximum atomic E-state index is 11.3.